The van der Waals surface area contributed by atoms with E-state index >= 15 is 0 Å². The first-order valence-corrected chi connectivity index (χ1v) is 10.0. The summed E-state index contributed by atoms with van der Waals surface area (Å²) in [6.07, 6.45) is 1.15. The Morgan fingerprint density at radius 3 is 2.63 bits per heavy atom. The quantitative estimate of drug-likeness (QED) is 0.608. The van der Waals surface area contributed by atoms with Crippen LogP contribution in [0.5, 0.6) is 5.75 Å². The normalized spacial score (nSPS) is 10.6. The van der Waals surface area contributed by atoms with Crippen molar-refractivity contribution < 1.29 is 9.53 Å². The number of rotatable bonds is 7. The molecular formula is C22H24N2O2S. The largest absolute Gasteiger partial charge is 0.494 e. The van der Waals surface area contributed by atoms with E-state index in [9.17, 15) is 4.79 Å². The number of thiazole rings is 1. The molecule has 0 bridgehead atoms. The molecule has 0 atom stereocenters. The van der Waals surface area contributed by atoms with E-state index in [4.69, 9.17) is 4.74 Å². The molecule has 0 saturated heterocycles. The average molecular weight is 381 g/mol. The maximum absolute atomic E-state index is 12.5. The minimum atomic E-state index is -0.0393. The van der Waals surface area contributed by atoms with E-state index < -0.39 is 0 Å². The van der Waals surface area contributed by atoms with Crippen molar-refractivity contribution in [1.29, 1.82) is 0 Å². The molecule has 140 valence electrons. The van der Waals surface area contributed by atoms with Crippen LogP contribution in [0.25, 0.3) is 10.6 Å². The Bertz CT molecular complexity index is 916. The van der Waals surface area contributed by atoms with Gasteiger partial charge in [-0.05, 0) is 55.7 Å². The molecule has 2 aromatic carbocycles. The summed E-state index contributed by atoms with van der Waals surface area (Å²) in [5.74, 6) is 0.810. The first-order valence-electron chi connectivity index (χ1n) is 9.16. The van der Waals surface area contributed by atoms with Crippen LogP contribution in [0.1, 0.15) is 30.7 Å². The number of aromatic nitrogens is 1. The lowest BCUT2D eigenvalue weighted by molar-refractivity contribution is -0.115. The zero-order chi connectivity index (χ0) is 19.2. The summed E-state index contributed by atoms with van der Waals surface area (Å²) < 4.78 is 5.47. The fraction of sp³-hybridized carbons (Fsp3) is 0.273. The summed E-state index contributed by atoms with van der Waals surface area (Å²) in [6.45, 7) is 6.72. The second-order valence-corrected chi connectivity index (χ2v) is 7.15. The topological polar surface area (TPSA) is 51.2 Å². The highest BCUT2D eigenvalue weighted by atomic mass is 32.1. The zero-order valence-corrected chi connectivity index (χ0v) is 16.7. The predicted molar refractivity (Wildman–Crippen MR) is 112 cm³/mol. The van der Waals surface area contributed by atoms with E-state index in [0.717, 1.165) is 45.2 Å². The molecule has 0 fully saturated rings. The van der Waals surface area contributed by atoms with Gasteiger partial charge in [-0.3, -0.25) is 4.79 Å². The molecule has 3 aromatic rings. The molecule has 0 aliphatic carbocycles. The van der Waals surface area contributed by atoms with Gasteiger partial charge in [-0.25, -0.2) is 4.98 Å². The number of nitrogens with zero attached hydrogens (tertiary/aromatic N) is 1. The Morgan fingerprint density at radius 2 is 1.93 bits per heavy atom. The number of hydrogen-bond acceptors (Lipinski definition) is 4. The van der Waals surface area contributed by atoms with Crippen molar-refractivity contribution in [3.05, 3.63) is 64.7 Å². The van der Waals surface area contributed by atoms with E-state index in [1.54, 1.807) is 11.3 Å². The second kappa shape index (κ2) is 8.82. The van der Waals surface area contributed by atoms with Crippen molar-refractivity contribution in [2.45, 2.75) is 33.6 Å². The van der Waals surface area contributed by atoms with Crippen LogP contribution in [0, 0.1) is 6.92 Å². The highest BCUT2D eigenvalue weighted by Crippen LogP contribution is 2.26. The molecule has 0 radical (unpaired) electrons. The number of anilines is 1. The molecule has 27 heavy (non-hydrogen) atoms. The Hall–Kier alpha value is -2.66. The predicted octanol–water partition coefficient (Wildman–Crippen LogP) is 5.26. The van der Waals surface area contributed by atoms with Crippen molar-refractivity contribution in [3.8, 4) is 16.3 Å². The number of hydrogen-bond donors (Lipinski definition) is 1. The van der Waals surface area contributed by atoms with Crippen molar-refractivity contribution >= 4 is 22.9 Å². The monoisotopic (exact) mass is 380 g/mol. The number of carbonyl (C=O) groups is 1. The van der Waals surface area contributed by atoms with Gasteiger partial charge in [0, 0.05) is 16.6 Å². The molecule has 0 unspecified atom stereocenters. The van der Waals surface area contributed by atoms with Crippen LogP contribution in [-0.4, -0.2) is 17.5 Å². The molecule has 0 aliphatic rings. The summed E-state index contributed by atoms with van der Waals surface area (Å²) in [7, 11) is 0. The highest BCUT2D eigenvalue weighted by Gasteiger charge is 2.12. The van der Waals surface area contributed by atoms with Gasteiger partial charge in [0.2, 0.25) is 5.91 Å². The molecule has 4 nitrogen and oxygen atoms in total. The molecular weight excluding hydrogens is 356 g/mol. The van der Waals surface area contributed by atoms with E-state index in [-0.39, 0.29) is 12.3 Å². The molecule has 1 heterocycles. The van der Waals surface area contributed by atoms with E-state index in [2.05, 4.69) is 23.3 Å². The van der Waals surface area contributed by atoms with Gasteiger partial charge in [-0.2, -0.15) is 0 Å². The van der Waals surface area contributed by atoms with Gasteiger partial charge >= 0.3 is 0 Å². The fourth-order valence-corrected chi connectivity index (χ4v) is 3.76. The number of ether oxygens (including phenoxy) is 1. The number of nitrogens with one attached hydrogen (secondary N) is 1. The van der Waals surface area contributed by atoms with Gasteiger partial charge in [0.25, 0.3) is 0 Å². The van der Waals surface area contributed by atoms with E-state index in [1.807, 2.05) is 55.6 Å². The Morgan fingerprint density at radius 1 is 1.15 bits per heavy atom. The number of para-hydroxylation sites is 1. The lowest BCUT2D eigenvalue weighted by Crippen LogP contribution is -2.16. The van der Waals surface area contributed by atoms with E-state index in [1.165, 1.54) is 0 Å². The summed E-state index contributed by atoms with van der Waals surface area (Å²) in [6, 6.07) is 14.0. The van der Waals surface area contributed by atoms with Gasteiger partial charge in [0.1, 0.15) is 10.8 Å². The standard InChI is InChI=1S/C22H24N2O2S/c1-4-16-8-6-7-15(3)21(16)24-20(25)13-18-14-27-22(23-18)17-9-11-19(12-10-17)26-5-2/h6-12,14H,4-5,13H2,1-3H3,(H,24,25). The first kappa shape index (κ1) is 19.1. The lowest BCUT2D eigenvalue weighted by Gasteiger charge is -2.12. The molecule has 5 heteroatoms. The highest BCUT2D eigenvalue weighted by molar-refractivity contribution is 7.13. The third-order valence-corrected chi connectivity index (χ3v) is 5.25. The summed E-state index contributed by atoms with van der Waals surface area (Å²) in [4.78, 5) is 17.1. The molecule has 0 saturated carbocycles. The zero-order valence-electron chi connectivity index (χ0n) is 15.9. The van der Waals surface area contributed by atoms with Crippen LogP contribution in [0.2, 0.25) is 0 Å². The molecule has 0 aliphatic heterocycles. The fourth-order valence-electron chi connectivity index (χ4n) is 2.93. The number of aryl methyl sites for hydroxylation is 2. The SMILES string of the molecule is CCOc1ccc(-c2nc(CC(=O)Nc3c(C)cccc3CC)cs2)cc1. The van der Waals surface area contributed by atoms with Gasteiger partial charge in [0.05, 0.1) is 18.7 Å². The van der Waals surface area contributed by atoms with Crippen molar-refractivity contribution in [1.82, 2.24) is 4.98 Å². The van der Waals surface area contributed by atoms with Crippen LogP contribution in [0.15, 0.2) is 47.8 Å². The molecule has 1 N–H and O–H groups in total. The smallest absolute Gasteiger partial charge is 0.230 e. The van der Waals surface area contributed by atoms with Crippen LogP contribution in [0.4, 0.5) is 5.69 Å². The van der Waals surface area contributed by atoms with Crippen LogP contribution < -0.4 is 10.1 Å². The van der Waals surface area contributed by atoms with Crippen LogP contribution >= 0.6 is 11.3 Å². The number of carbonyl (C=O) groups excluding carboxylic acids is 1. The summed E-state index contributed by atoms with van der Waals surface area (Å²) in [5.41, 5.74) is 4.97. The van der Waals surface area contributed by atoms with E-state index in [0.29, 0.717) is 6.61 Å². The average Bonchev–Trinajstić information content (AvgIpc) is 3.12. The third-order valence-electron chi connectivity index (χ3n) is 4.31. The maximum Gasteiger partial charge on any atom is 0.230 e. The minimum Gasteiger partial charge on any atom is -0.494 e. The van der Waals surface area contributed by atoms with Gasteiger partial charge in [-0.1, -0.05) is 25.1 Å². The number of benzene rings is 2. The third kappa shape index (κ3) is 4.74. The van der Waals surface area contributed by atoms with Crippen LogP contribution in [0.3, 0.4) is 0 Å². The van der Waals surface area contributed by atoms with Crippen molar-refractivity contribution in [3.63, 3.8) is 0 Å². The molecule has 1 amide bonds. The second-order valence-electron chi connectivity index (χ2n) is 6.29. The molecule has 3 rings (SSSR count). The summed E-state index contributed by atoms with van der Waals surface area (Å²) >= 11 is 1.55. The minimum absolute atomic E-state index is 0.0393. The van der Waals surface area contributed by atoms with Crippen LogP contribution in [-0.2, 0) is 17.6 Å². The van der Waals surface area contributed by atoms with Crippen molar-refractivity contribution in [2.75, 3.05) is 11.9 Å². The summed E-state index contributed by atoms with van der Waals surface area (Å²) in [5, 5.41) is 5.91. The Kier molecular flexibility index (Phi) is 6.24. The number of amides is 1. The first-order chi connectivity index (χ1) is 13.1. The maximum atomic E-state index is 12.5. The van der Waals surface area contributed by atoms with Crippen molar-refractivity contribution in [2.24, 2.45) is 0 Å². The van der Waals surface area contributed by atoms with Gasteiger partial charge in [-0.15, -0.1) is 11.3 Å². The van der Waals surface area contributed by atoms with Gasteiger partial charge in [0.15, 0.2) is 0 Å². The van der Waals surface area contributed by atoms with Gasteiger partial charge < -0.3 is 10.1 Å². The lowest BCUT2D eigenvalue weighted by atomic mass is 10.1. The molecule has 0 spiro atoms. The Balaban J connectivity index is 1.68. The molecule has 1 aromatic heterocycles. The Labute approximate surface area is 164 Å².